The third kappa shape index (κ3) is 4.08. The maximum atomic E-state index is 13.7. The van der Waals surface area contributed by atoms with Gasteiger partial charge >= 0.3 is 11.9 Å². The average Bonchev–Trinajstić information content (AvgIpc) is 3.48. The molecule has 9 heteroatoms. The number of carbonyl (C=O) groups excluding carboxylic acids is 3. The number of nitrogens with zero attached hydrogens (tertiary/aromatic N) is 2. The number of rotatable bonds is 5. The molecule has 1 unspecified atom stereocenters. The van der Waals surface area contributed by atoms with Crippen molar-refractivity contribution in [3.63, 3.8) is 0 Å². The third-order valence-corrected chi connectivity index (χ3v) is 6.48. The van der Waals surface area contributed by atoms with Crippen LogP contribution < -0.4 is 19.5 Å². The number of nitrogens with one attached hydrogen (secondary N) is 1. The zero-order valence-corrected chi connectivity index (χ0v) is 20.3. The maximum absolute atomic E-state index is 13.7. The minimum absolute atomic E-state index is 0.00696. The minimum atomic E-state index is -1.03. The zero-order valence-electron chi connectivity index (χ0n) is 20.3. The molecule has 3 heterocycles. The Morgan fingerprint density at radius 1 is 0.973 bits per heavy atom. The Bertz CT molecular complexity index is 1490. The molecule has 3 aliphatic rings. The van der Waals surface area contributed by atoms with Gasteiger partial charge in [0.05, 0.1) is 5.56 Å². The molecular weight excluding hydrogens is 474 g/mol. The van der Waals surface area contributed by atoms with Gasteiger partial charge in [0.1, 0.15) is 12.3 Å². The molecule has 186 valence electrons. The number of aryl methyl sites for hydroxylation is 2. The van der Waals surface area contributed by atoms with Crippen LogP contribution in [0.1, 0.15) is 22.3 Å². The number of imide groups is 1. The number of urea groups is 1. The van der Waals surface area contributed by atoms with Crippen LogP contribution in [0.2, 0.25) is 0 Å². The molecular formula is C28H24N3O6+. The molecule has 0 radical (unpaired) electrons. The molecule has 3 aromatic rings. The van der Waals surface area contributed by atoms with Crippen LogP contribution in [0.4, 0.5) is 10.5 Å². The Kier molecular flexibility index (Phi) is 5.40. The zero-order chi connectivity index (χ0) is 25.7. The van der Waals surface area contributed by atoms with E-state index in [-0.39, 0.29) is 25.8 Å². The molecule has 3 aromatic carbocycles. The highest BCUT2D eigenvalue weighted by molar-refractivity contribution is 6.22. The fraction of sp³-hybridized carbons (Fsp3) is 0.214. The van der Waals surface area contributed by atoms with Gasteiger partial charge < -0.3 is 19.5 Å². The van der Waals surface area contributed by atoms with Gasteiger partial charge in [-0.1, -0.05) is 24.3 Å². The number of hydrogen-bond donors (Lipinski definition) is 1. The van der Waals surface area contributed by atoms with Crippen molar-refractivity contribution in [2.24, 2.45) is 0 Å². The summed E-state index contributed by atoms with van der Waals surface area (Å²) in [5.41, 5.74) is 4.35. The summed E-state index contributed by atoms with van der Waals surface area (Å²) in [6, 6.07) is 17.5. The first-order chi connectivity index (χ1) is 17.9. The van der Waals surface area contributed by atoms with Crippen molar-refractivity contribution in [3.8, 4) is 17.2 Å². The molecule has 1 N–H and O–H groups in total. The van der Waals surface area contributed by atoms with Crippen LogP contribution in [0.25, 0.3) is 0 Å². The molecule has 0 bridgehead atoms. The topological polar surface area (TPSA) is 97.2 Å². The summed E-state index contributed by atoms with van der Waals surface area (Å²) in [5, 5.41) is 2.88. The Morgan fingerprint density at radius 2 is 1.73 bits per heavy atom. The lowest BCUT2D eigenvalue weighted by molar-refractivity contribution is -0.428. The highest BCUT2D eigenvalue weighted by Gasteiger charge is 2.54. The summed E-state index contributed by atoms with van der Waals surface area (Å²) in [6.07, 6.45) is -1.03. The quantitative estimate of drug-likeness (QED) is 0.542. The maximum Gasteiger partial charge on any atom is 0.501 e. The van der Waals surface area contributed by atoms with Gasteiger partial charge in [-0.05, 0) is 66.9 Å². The molecule has 0 saturated carbocycles. The number of carbonyl (C=O) groups is 3. The lowest BCUT2D eigenvalue weighted by Gasteiger charge is -2.24. The summed E-state index contributed by atoms with van der Waals surface area (Å²) in [5.74, 6) is 0.783. The summed E-state index contributed by atoms with van der Waals surface area (Å²) in [4.78, 5) is 41.5. The molecule has 6 rings (SSSR count). The Balaban J connectivity index is 1.34. The van der Waals surface area contributed by atoms with E-state index in [1.54, 1.807) is 42.5 Å². The van der Waals surface area contributed by atoms with E-state index >= 15 is 0 Å². The lowest BCUT2D eigenvalue weighted by atomic mass is 10.0. The van der Waals surface area contributed by atoms with Gasteiger partial charge in [-0.15, -0.1) is 0 Å². The third-order valence-electron chi connectivity index (χ3n) is 6.48. The van der Waals surface area contributed by atoms with Crippen LogP contribution in [-0.2, 0) is 16.1 Å². The molecule has 0 aromatic heterocycles. The Labute approximate surface area is 212 Å². The summed E-state index contributed by atoms with van der Waals surface area (Å²) in [7, 11) is 0. The SMILES string of the molecule is Cc1cc(C)cc(NC(=O)C[N+]2=C3c4ccccc4OC3C(=O)N(Cc3ccc4c(c3)OCO4)C2=O)c1. The number of para-hydroxylation sites is 1. The number of amides is 4. The molecule has 37 heavy (non-hydrogen) atoms. The monoisotopic (exact) mass is 498 g/mol. The van der Waals surface area contributed by atoms with Crippen molar-refractivity contribution in [1.29, 1.82) is 0 Å². The number of hydrogen-bond acceptors (Lipinski definition) is 6. The van der Waals surface area contributed by atoms with Gasteiger partial charge in [-0.3, -0.25) is 4.79 Å². The van der Waals surface area contributed by atoms with Crippen LogP contribution in [0, 0.1) is 13.8 Å². The van der Waals surface area contributed by atoms with Gasteiger partial charge in [0.15, 0.2) is 23.8 Å². The van der Waals surface area contributed by atoms with E-state index in [2.05, 4.69) is 5.32 Å². The number of benzene rings is 3. The first-order valence-corrected chi connectivity index (χ1v) is 11.9. The van der Waals surface area contributed by atoms with E-state index in [9.17, 15) is 14.4 Å². The number of anilines is 1. The lowest BCUT2D eigenvalue weighted by Crippen LogP contribution is -2.58. The van der Waals surface area contributed by atoms with Gasteiger partial charge in [-0.2, -0.15) is 14.3 Å². The molecule has 0 aliphatic carbocycles. The number of ether oxygens (including phenoxy) is 3. The molecule has 9 nitrogen and oxygen atoms in total. The molecule has 0 saturated heterocycles. The van der Waals surface area contributed by atoms with Crippen molar-refractivity contribution >= 4 is 29.2 Å². The van der Waals surface area contributed by atoms with E-state index in [1.807, 2.05) is 32.0 Å². The second kappa shape index (κ2) is 8.77. The fourth-order valence-electron chi connectivity index (χ4n) is 4.96. The standard InChI is InChI=1S/C28H23N3O6/c1-16-9-17(2)11-19(10-16)29-24(32)14-30-25-20-5-3-4-6-21(20)37-26(25)27(33)31(28(30)34)13-18-7-8-22-23(12-18)36-15-35-22/h3-12,26H,13-15H2,1-2H3/p+1. The second-order valence-corrected chi connectivity index (χ2v) is 9.28. The summed E-state index contributed by atoms with van der Waals surface area (Å²) in [6.45, 7) is 3.73. The van der Waals surface area contributed by atoms with Crippen molar-refractivity contribution in [2.75, 3.05) is 18.7 Å². The van der Waals surface area contributed by atoms with E-state index in [0.717, 1.165) is 16.0 Å². The van der Waals surface area contributed by atoms with Gasteiger partial charge in [-0.25, -0.2) is 4.79 Å². The smallest absolute Gasteiger partial charge is 0.469 e. The van der Waals surface area contributed by atoms with Crippen molar-refractivity contribution in [3.05, 3.63) is 82.9 Å². The number of fused-ring (bicyclic) bond motifs is 4. The van der Waals surface area contributed by atoms with Crippen LogP contribution in [0.15, 0.2) is 60.7 Å². The Hall–Kier alpha value is -4.66. The van der Waals surface area contributed by atoms with Crippen molar-refractivity contribution < 1.29 is 33.2 Å². The fourth-order valence-corrected chi connectivity index (χ4v) is 4.96. The Morgan fingerprint density at radius 3 is 2.54 bits per heavy atom. The molecule has 1 atom stereocenters. The van der Waals surface area contributed by atoms with Gasteiger partial charge in [0, 0.05) is 5.69 Å². The molecule has 0 fully saturated rings. The van der Waals surface area contributed by atoms with Crippen molar-refractivity contribution in [2.45, 2.75) is 26.5 Å². The normalized spacial score (nSPS) is 17.5. The molecule has 3 aliphatic heterocycles. The van der Waals surface area contributed by atoms with Crippen molar-refractivity contribution in [1.82, 2.24) is 4.90 Å². The van der Waals surface area contributed by atoms with Crippen LogP contribution >= 0.6 is 0 Å². The van der Waals surface area contributed by atoms with Gasteiger partial charge in [0.2, 0.25) is 6.79 Å². The second-order valence-electron chi connectivity index (χ2n) is 9.28. The van der Waals surface area contributed by atoms with Crippen LogP contribution in [-0.4, -0.2) is 52.5 Å². The highest BCUT2D eigenvalue weighted by Crippen LogP contribution is 2.35. The average molecular weight is 499 g/mol. The van der Waals surface area contributed by atoms with E-state index in [0.29, 0.717) is 39.8 Å². The van der Waals surface area contributed by atoms with Crippen LogP contribution in [0.5, 0.6) is 17.2 Å². The van der Waals surface area contributed by atoms with E-state index < -0.39 is 18.0 Å². The predicted octanol–water partition coefficient (Wildman–Crippen LogP) is 3.40. The first kappa shape index (κ1) is 22.8. The molecule has 0 spiro atoms. The first-order valence-electron chi connectivity index (χ1n) is 11.9. The molecule has 4 amide bonds. The van der Waals surface area contributed by atoms with E-state index in [1.165, 1.54) is 4.58 Å². The minimum Gasteiger partial charge on any atom is -0.469 e. The predicted molar refractivity (Wildman–Crippen MR) is 133 cm³/mol. The largest absolute Gasteiger partial charge is 0.501 e. The van der Waals surface area contributed by atoms with Crippen LogP contribution in [0.3, 0.4) is 0 Å². The summed E-state index contributed by atoms with van der Waals surface area (Å²) >= 11 is 0. The summed E-state index contributed by atoms with van der Waals surface area (Å²) < 4.78 is 18.1. The van der Waals surface area contributed by atoms with Gasteiger partial charge in [0.25, 0.3) is 12.0 Å². The van der Waals surface area contributed by atoms with E-state index in [4.69, 9.17) is 14.2 Å². The highest BCUT2D eigenvalue weighted by atomic mass is 16.7.